The third-order valence-corrected chi connectivity index (χ3v) is 15.4. The third-order valence-electron chi connectivity index (χ3n) is 3.63. The fourth-order valence-corrected chi connectivity index (χ4v) is 14.8. The zero-order valence-electron chi connectivity index (χ0n) is 19.8. The highest BCUT2D eigenvalue weighted by atomic mass is 28.5. The molecule has 0 aromatic rings. The zero-order chi connectivity index (χ0) is 21.6. The lowest BCUT2D eigenvalue weighted by atomic mass is 10.5. The maximum Gasteiger partial charge on any atom is 0.490 e. The van der Waals surface area contributed by atoms with Gasteiger partial charge in [0.2, 0.25) is 0 Å². The van der Waals surface area contributed by atoms with Crippen LogP contribution in [0, 0.1) is 0 Å². The van der Waals surface area contributed by atoms with Crippen LogP contribution in [-0.4, -0.2) is 50.6 Å². The van der Waals surface area contributed by atoms with E-state index in [0.29, 0.717) is 0 Å². The average molecular weight is 441 g/mol. The number of hydrogen-bond acceptors (Lipinski definition) is 6. The standard InChI is InChI=1S/C18H44O6Si3/c1-14(2)19-25(11,18(9)10)23-27(13,22-17(7)8)24-26(12,20-15(3)4)21-16(5)6/h14-18H,1-13H3. The van der Waals surface area contributed by atoms with E-state index in [-0.39, 0.29) is 30.0 Å². The van der Waals surface area contributed by atoms with E-state index in [4.69, 9.17) is 25.9 Å². The van der Waals surface area contributed by atoms with E-state index >= 15 is 0 Å². The lowest BCUT2D eigenvalue weighted by molar-refractivity contribution is 0.0222. The Balaban J connectivity index is 5.81. The van der Waals surface area contributed by atoms with Gasteiger partial charge in [0.15, 0.2) is 0 Å². The predicted molar refractivity (Wildman–Crippen MR) is 117 cm³/mol. The summed E-state index contributed by atoms with van der Waals surface area (Å²) in [7, 11) is -8.62. The Morgan fingerprint density at radius 1 is 0.444 bits per heavy atom. The molecule has 0 spiro atoms. The highest BCUT2D eigenvalue weighted by Crippen LogP contribution is 2.32. The van der Waals surface area contributed by atoms with Gasteiger partial charge in [-0.1, -0.05) is 13.8 Å². The van der Waals surface area contributed by atoms with E-state index < -0.39 is 26.2 Å². The predicted octanol–water partition coefficient (Wildman–Crippen LogP) is 5.34. The molecule has 0 amide bonds. The fourth-order valence-electron chi connectivity index (χ4n) is 2.88. The molecule has 0 fully saturated rings. The summed E-state index contributed by atoms with van der Waals surface area (Å²) < 4.78 is 38.0. The summed E-state index contributed by atoms with van der Waals surface area (Å²) in [5, 5.41) is 0. The van der Waals surface area contributed by atoms with Crippen molar-refractivity contribution in [3.8, 4) is 0 Å². The maximum absolute atomic E-state index is 6.65. The van der Waals surface area contributed by atoms with Crippen LogP contribution in [0.15, 0.2) is 0 Å². The largest absolute Gasteiger partial charge is 0.490 e. The zero-order valence-corrected chi connectivity index (χ0v) is 22.8. The molecule has 0 saturated carbocycles. The molecule has 0 heterocycles. The van der Waals surface area contributed by atoms with Crippen molar-refractivity contribution in [2.75, 3.05) is 0 Å². The first-order chi connectivity index (χ1) is 12.0. The SMILES string of the molecule is CC(C)O[Si](C)(OC(C)C)O[Si](C)(OC(C)C)O[Si](C)(OC(C)C)C(C)C. The first kappa shape index (κ1) is 27.4. The molecule has 0 aliphatic carbocycles. The molecule has 2 atom stereocenters. The fraction of sp³-hybridized carbons (Fsp3) is 1.00. The van der Waals surface area contributed by atoms with Crippen LogP contribution in [0.1, 0.15) is 69.2 Å². The van der Waals surface area contributed by atoms with Crippen LogP contribution >= 0.6 is 0 Å². The topological polar surface area (TPSA) is 55.4 Å². The second-order valence-electron chi connectivity index (χ2n) is 8.77. The minimum atomic E-state index is -3.10. The molecule has 0 radical (unpaired) electrons. The van der Waals surface area contributed by atoms with Gasteiger partial charge in [-0.2, -0.15) is 0 Å². The normalized spacial score (nSPS) is 18.0. The van der Waals surface area contributed by atoms with Gasteiger partial charge in [0.25, 0.3) is 0 Å². The molecule has 0 bridgehead atoms. The number of rotatable bonds is 13. The Morgan fingerprint density at radius 3 is 1.07 bits per heavy atom. The second kappa shape index (κ2) is 11.0. The monoisotopic (exact) mass is 440 g/mol. The summed E-state index contributed by atoms with van der Waals surface area (Å²) in [4.78, 5) is 0. The lowest BCUT2D eigenvalue weighted by Gasteiger charge is -2.43. The molecular formula is C18H44O6Si3. The van der Waals surface area contributed by atoms with Crippen molar-refractivity contribution in [3.05, 3.63) is 0 Å². The molecule has 164 valence electrons. The highest BCUT2D eigenvalue weighted by molar-refractivity contribution is 6.82. The van der Waals surface area contributed by atoms with Crippen LogP contribution in [0.3, 0.4) is 0 Å². The summed E-state index contributed by atoms with van der Waals surface area (Å²) in [6, 6.07) is 0. The first-order valence-electron chi connectivity index (χ1n) is 10.1. The summed E-state index contributed by atoms with van der Waals surface area (Å²) >= 11 is 0. The van der Waals surface area contributed by atoms with Gasteiger partial charge in [-0.3, -0.25) is 0 Å². The molecular weight excluding hydrogens is 396 g/mol. The Hall–Kier alpha value is 0.411. The van der Waals surface area contributed by atoms with Crippen molar-refractivity contribution in [2.24, 2.45) is 0 Å². The summed E-state index contributed by atoms with van der Waals surface area (Å²) in [6.45, 7) is 26.2. The van der Waals surface area contributed by atoms with Crippen molar-refractivity contribution < 1.29 is 25.9 Å². The molecule has 0 saturated heterocycles. The number of hydrogen-bond donors (Lipinski definition) is 0. The van der Waals surface area contributed by atoms with Crippen molar-refractivity contribution in [2.45, 2.75) is 119 Å². The quantitative estimate of drug-likeness (QED) is 0.360. The van der Waals surface area contributed by atoms with Crippen LogP contribution in [-0.2, 0) is 25.9 Å². The molecule has 2 unspecified atom stereocenters. The minimum Gasteiger partial charge on any atom is -0.393 e. The molecule has 9 heteroatoms. The summed E-state index contributed by atoms with van der Waals surface area (Å²) in [5.74, 6) is 0. The molecule has 6 nitrogen and oxygen atoms in total. The van der Waals surface area contributed by atoms with E-state index in [1.54, 1.807) is 0 Å². The maximum atomic E-state index is 6.65. The van der Waals surface area contributed by atoms with Crippen LogP contribution in [0.2, 0.25) is 25.2 Å². The van der Waals surface area contributed by atoms with E-state index in [0.717, 1.165) is 0 Å². The highest BCUT2D eigenvalue weighted by Gasteiger charge is 2.54. The lowest BCUT2D eigenvalue weighted by Crippen LogP contribution is -2.63. The minimum absolute atomic E-state index is 0.0154. The van der Waals surface area contributed by atoms with E-state index in [2.05, 4.69) is 20.4 Å². The van der Waals surface area contributed by atoms with Crippen LogP contribution in [0.5, 0.6) is 0 Å². The van der Waals surface area contributed by atoms with Gasteiger partial charge in [-0.25, -0.2) is 0 Å². The first-order valence-corrected chi connectivity index (χ1v) is 17.0. The summed E-state index contributed by atoms with van der Waals surface area (Å²) in [6.07, 6.45) is 0.00279. The molecule has 0 aliphatic heterocycles. The molecule has 0 aromatic carbocycles. The Bertz CT molecular complexity index is 423. The van der Waals surface area contributed by atoms with Crippen LogP contribution in [0.25, 0.3) is 0 Å². The molecule has 0 aromatic heterocycles. The van der Waals surface area contributed by atoms with Crippen molar-refractivity contribution >= 4 is 26.2 Å². The molecule has 27 heavy (non-hydrogen) atoms. The van der Waals surface area contributed by atoms with Gasteiger partial charge in [-0.15, -0.1) is 0 Å². The van der Waals surface area contributed by atoms with Crippen LogP contribution < -0.4 is 0 Å². The van der Waals surface area contributed by atoms with E-state index in [1.165, 1.54) is 0 Å². The third kappa shape index (κ3) is 10.7. The van der Waals surface area contributed by atoms with E-state index in [1.807, 2.05) is 68.5 Å². The van der Waals surface area contributed by atoms with Gasteiger partial charge in [0.05, 0.1) is 0 Å². The second-order valence-corrected chi connectivity index (χ2v) is 18.0. The smallest absolute Gasteiger partial charge is 0.393 e. The van der Waals surface area contributed by atoms with Crippen molar-refractivity contribution in [1.29, 1.82) is 0 Å². The van der Waals surface area contributed by atoms with Gasteiger partial charge in [0, 0.05) is 37.5 Å². The van der Waals surface area contributed by atoms with E-state index in [9.17, 15) is 0 Å². The molecule has 0 aliphatic rings. The Morgan fingerprint density at radius 2 is 0.778 bits per heavy atom. The Labute approximate surface area is 171 Å². The van der Waals surface area contributed by atoms with Gasteiger partial charge >= 0.3 is 26.2 Å². The molecule has 0 rings (SSSR count). The summed E-state index contributed by atoms with van der Waals surface area (Å²) in [5.41, 5.74) is 0.246. The Kier molecular flexibility index (Phi) is 11.1. The van der Waals surface area contributed by atoms with Crippen molar-refractivity contribution in [1.82, 2.24) is 0 Å². The molecule has 0 N–H and O–H groups in total. The van der Waals surface area contributed by atoms with Gasteiger partial charge in [0.1, 0.15) is 0 Å². The van der Waals surface area contributed by atoms with Gasteiger partial charge in [-0.05, 0) is 67.5 Å². The van der Waals surface area contributed by atoms with Crippen LogP contribution in [0.4, 0.5) is 0 Å². The van der Waals surface area contributed by atoms with Crippen molar-refractivity contribution in [3.63, 3.8) is 0 Å². The van der Waals surface area contributed by atoms with Gasteiger partial charge < -0.3 is 25.9 Å². The average Bonchev–Trinajstić information content (AvgIpc) is 2.31.